The number of hydrogen-bond donors (Lipinski definition) is 1. The number of benzene rings is 1. The number of nitrogens with zero attached hydrogens (tertiary/aromatic N) is 2. The lowest BCUT2D eigenvalue weighted by Crippen LogP contribution is -2.40. The van der Waals surface area contributed by atoms with Crippen molar-refractivity contribution in [3.8, 4) is 0 Å². The summed E-state index contributed by atoms with van der Waals surface area (Å²) in [6.07, 6.45) is 0. The van der Waals surface area contributed by atoms with Crippen molar-refractivity contribution in [3.63, 3.8) is 0 Å². The van der Waals surface area contributed by atoms with Crippen LogP contribution in [0.4, 0.5) is 4.39 Å². The summed E-state index contributed by atoms with van der Waals surface area (Å²) in [6, 6.07) is 5.26. The zero-order chi connectivity index (χ0) is 16.0. The molecule has 0 bridgehead atoms. The second kappa shape index (κ2) is 7.73. The Labute approximate surface area is 124 Å². The molecule has 6 heteroatoms. The summed E-state index contributed by atoms with van der Waals surface area (Å²) in [7, 11) is 3.75. The van der Waals surface area contributed by atoms with Gasteiger partial charge in [-0.05, 0) is 38.4 Å². The van der Waals surface area contributed by atoms with E-state index in [0.717, 1.165) is 0 Å². The van der Waals surface area contributed by atoms with E-state index in [9.17, 15) is 14.0 Å². The van der Waals surface area contributed by atoms with Gasteiger partial charge in [0.15, 0.2) is 0 Å². The first-order chi connectivity index (χ1) is 9.81. The van der Waals surface area contributed by atoms with Crippen molar-refractivity contribution in [1.29, 1.82) is 0 Å². The average Bonchev–Trinajstić information content (AvgIpc) is 2.42. The van der Waals surface area contributed by atoms with Crippen LogP contribution in [0.3, 0.4) is 0 Å². The SMILES string of the molecule is CC(CN(CCN(C)C)C(=O)c1ccc(F)cc1)C(=O)O. The van der Waals surface area contributed by atoms with Crippen LogP contribution in [0.1, 0.15) is 17.3 Å². The molecule has 0 aliphatic rings. The van der Waals surface area contributed by atoms with Crippen LogP contribution < -0.4 is 0 Å². The molecule has 1 rings (SSSR count). The zero-order valence-electron chi connectivity index (χ0n) is 12.5. The molecular weight excluding hydrogens is 275 g/mol. The summed E-state index contributed by atoms with van der Waals surface area (Å²) in [5, 5.41) is 9.00. The number of amides is 1. The number of likely N-dealkylation sites (N-methyl/N-ethyl adjacent to an activating group) is 1. The molecule has 1 aromatic rings. The summed E-state index contributed by atoms with van der Waals surface area (Å²) in [5.41, 5.74) is 0.354. The number of carbonyl (C=O) groups is 2. The van der Waals surface area contributed by atoms with Crippen LogP contribution in [0.15, 0.2) is 24.3 Å². The average molecular weight is 296 g/mol. The van der Waals surface area contributed by atoms with E-state index in [1.807, 2.05) is 19.0 Å². The van der Waals surface area contributed by atoms with E-state index in [2.05, 4.69) is 0 Å². The summed E-state index contributed by atoms with van der Waals surface area (Å²) >= 11 is 0. The second-order valence-corrected chi connectivity index (χ2v) is 5.30. The molecule has 21 heavy (non-hydrogen) atoms. The third-order valence-corrected chi connectivity index (χ3v) is 3.11. The predicted octanol–water partition coefficient (Wildman–Crippen LogP) is 1.55. The van der Waals surface area contributed by atoms with Crippen molar-refractivity contribution in [2.24, 2.45) is 5.92 Å². The van der Waals surface area contributed by atoms with Gasteiger partial charge in [-0.25, -0.2) is 4.39 Å². The first-order valence-corrected chi connectivity index (χ1v) is 6.73. The van der Waals surface area contributed by atoms with Crippen molar-refractivity contribution in [3.05, 3.63) is 35.6 Å². The van der Waals surface area contributed by atoms with Crippen molar-refractivity contribution >= 4 is 11.9 Å². The Morgan fingerprint density at radius 1 is 1.19 bits per heavy atom. The molecule has 1 aromatic carbocycles. The van der Waals surface area contributed by atoms with E-state index < -0.39 is 17.7 Å². The van der Waals surface area contributed by atoms with E-state index in [1.54, 1.807) is 6.92 Å². The van der Waals surface area contributed by atoms with E-state index in [4.69, 9.17) is 5.11 Å². The number of carboxylic acids is 1. The molecule has 1 atom stereocenters. The first-order valence-electron chi connectivity index (χ1n) is 6.73. The molecular formula is C15H21FN2O3. The van der Waals surface area contributed by atoms with Crippen LogP contribution in [-0.4, -0.2) is 60.5 Å². The van der Waals surface area contributed by atoms with Gasteiger partial charge in [-0.2, -0.15) is 0 Å². The number of carboxylic acid groups (broad SMARTS) is 1. The lowest BCUT2D eigenvalue weighted by Gasteiger charge is -2.26. The molecule has 1 unspecified atom stereocenters. The van der Waals surface area contributed by atoms with Crippen molar-refractivity contribution in [2.75, 3.05) is 33.7 Å². The van der Waals surface area contributed by atoms with E-state index >= 15 is 0 Å². The van der Waals surface area contributed by atoms with Gasteiger partial charge in [0.25, 0.3) is 5.91 Å². The second-order valence-electron chi connectivity index (χ2n) is 5.30. The monoisotopic (exact) mass is 296 g/mol. The quantitative estimate of drug-likeness (QED) is 0.829. The van der Waals surface area contributed by atoms with Crippen molar-refractivity contribution in [1.82, 2.24) is 9.80 Å². The Bertz CT molecular complexity index is 488. The fourth-order valence-corrected chi connectivity index (χ4v) is 1.78. The third kappa shape index (κ3) is 5.51. The fraction of sp³-hybridized carbons (Fsp3) is 0.467. The fourth-order valence-electron chi connectivity index (χ4n) is 1.78. The number of aliphatic carboxylic acids is 1. The van der Waals surface area contributed by atoms with E-state index in [-0.39, 0.29) is 12.5 Å². The molecule has 0 saturated heterocycles. The van der Waals surface area contributed by atoms with Gasteiger partial charge in [-0.15, -0.1) is 0 Å². The van der Waals surface area contributed by atoms with Crippen LogP contribution >= 0.6 is 0 Å². The van der Waals surface area contributed by atoms with Crippen LogP contribution in [0, 0.1) is 11.7 Å². The van der Waals surface area contributed by atoms with Crippen molar-refractivity contribution < 1.29 is 19.1 Å². The molecule has 0 saturated carbocycles. The number of carbonyl (C=O) groups excluding carboxylic acids is 1. The minimum atomic E-state index is -0.947. The standard InChI is InChI=1S/C15H21FN2O3/c1-11(15(20)21)10-18(9-8-17(2)3)14(19)12-4-6-13(16)7-5-12/h4-7,11H,8-10H2,1-3H3,(H,20,21). The van der Waals surface area contributed by atoms with Gasteiger partial charge in [0, 0.05) is 25.2 Å². The first kappa shape index (κ1) is 17.1. The molecule has 1 N–H and O–H groups in total. The van der Waals surface area contributed by atoms with Crippen molar-refractivity contribution in [2.45, 2.75) is 6.92 Å². The third-order valence-electron chi connectivity index (χ3n) is 3.11. The highest BCUT2D eigenvalue weighted by atomic mass is 19.1. The molecule has 1 amide bonds. The Kier molecular flexibility index (Phi) is 6.30. The van der Waals surface area contributed by atoms with Gasteiger partial charge >= 0.3 is 5.97 Å². The normalized spacial score (nSPS) is 12.2. The molecule has 5 nitrogen and oxygen atoms in total. The molecule has 116 valence electrons. The van der Waals surface area contributed by atoms with Gasteiger partial charge in [-0.1, -0.05) is 6.92 Å². The maximum absolute atomic E-state index is 12.9. The summed E-state index contributed by atoms with van der Waals surface area (Å²) in [5.74, 6) is -2.30. The largest absolute Gasteiger partial charge is 0.481 e. The maximum atomic E-state index is 12.9. The summed E-state index contributed by atoms with van der Waals surface area (Å²) < 4.78 is 12.9. The Hall–Kier alpha value is -1.95. The molecule has 0 fully saturated rings. The van der Waals surface area contributed by atoms with Gasteiger partial charge in [0.05, 0.1) is 5.92 Å². The Balaban J connectivity index is 2.85. The van der Waals surface area contributed by atoms with Crippen LogP contribution in [0.5, 0.6) is 0 Å². The highest BCUT2D eigenvalue weighted by molar-refractivity contribution is 5.94. The van der Waals surface area contributed by atoms with E-state index in [0.29, 0.717) is 18.7 Å². The highest BCUT2D eigenvalue weighted by Gasteiger charge is 2.21. The smallest absolute Gasteiger partial charge is 0.308 e. The minimum absolute atomic E-state index is 0.124. The number of rotatable bonds is 7. The Morgan fingerprint density at radius 2 is 1.76 bits per heavy atom. The predicted molar refractivity (Wildman–Crippen MR) is 77.7 cm³/mol. The molecule has 0 heterocycles. The number of hydrogen-bond acceptors (Lipinski definition) is 3. The highest BCUT2D eigenvalue weighted by Crippen LogP contribution is 2.09. The van der Waals surface area contributed by atoms with Crippen LogP contribution in [0.2, 0.25) is 0 Å². The van der Waals surface area contributed by atoms with Gasteiger partial charge < -0.3 is 14.9 Å². The maximum Gasteiger partial charge on any atom is 0.308 e. The van der Waals surface area contributed by atoms with Gasteiger partial charge in [0.2, 0.25) is 0 Å². The van der Waals surface area contributed by atoms with Crippen LogP contribution in [0.25, 0.3) is 0 Å². The number of halogens is 1. The lowest BCUT2D eigenvalue weighted by atomic mass is 10.1. The van der Waals surface area contributed by atoms with Crippen LogP contribution in [-0.2, 0) is 4.79 Å². The molecule has 0 aromatic heterocycles. The molecule has 0 spiro atoms. The summed E-state index contributed by atoms with van der Waals surface area (Å²) in [4.78, 5) is 26.8. The van der Waals surface area contributed by atoms with Gasteiger partial charge in [0.1, 0.15) is 5.82 Å². The zero-order valence-corrected chi connectivity index (χ0v) is 12.5. The van der Waals surface area contributed by atoms with Gasteiger partial charge in [-0.3, -0.25) is 9.59 Å². The molecule has 0 aliphatic heterocycles. The Morgan fingerprint density at radius 3 is 2.24 bits per heavy atom. The molecule has 0 radical (unpaired) electrons. The minimum Gasteiger partial charge on any atom is -0.481 e. The topological polar surface area (TPSA) is 60.9 Å². The lowest BCUT2D eigenvalue weighted by molar-refractivity contribution is -0.141. The summed E-state index contributed by atoms with van der Waals surface area (Å²) in [6.45, 7) is 2.72. The molecule has 0 aliphatic carbocycles. The van der Waals surface area contributed by atoms with E-state index in [1.165, 1.54) is 29.2 Å².